The smallest absolute Gasteiger partial charge is 0.342 e. The molecule has 0 fully saturated rings. The number of phenols is 1. The Morgan fingerprint density at radius 3 is 2.35 bits per heavy atom. The van der Waals surface area contributed by atoms with Crippen molar-refractivity contribution < 1.29 is 32.3 Å². The zero-order valence-corrected chi connectivity index (χ0v) is 18.1. The van der Waals surface area contributed by atoms with E-state index in [9.17, 15) is 23.1 Å². The molecule has 162 valence electrons. The van der Waals surface area contributed by atoms with E-state index < -0.39 is 32.9 Å². The van der Waals surface area contributed by atoms with Crippen molar-refractivity contribution in [2.24, 2.45) is 0 Å². The molecule has 0 radical (unpaired) electrons. The fourth-order valence-corrected chi connectivity index (χ4v) is 4.47. The summed E-state index contributed by atoms with van der Waals surface area (Å²) in [5.74, 6) is -1.92. The molecule has 0 atom stereocenters. The summed E-state index contributed by atoms with van der Waals surface area (Å²) < 4.78 is 36.3. The summed E-state index contributed by atoms with van der Waals surface area (Å²) in [6.07, 6.45) is 1.76. The summed E-state index contributed by atoms with van der Waals surface area (Å²) in [7, 11) is -3.80. The Morgan fingerprint density at radius 2 is 1.74 bits per heavy atom. The molecule has 0 saturated heterocycles. The standard InChI is InChI=1S/C23H22O7S/c1-23(2,3)30-22(26)20-15(14-31(27,28)16-7-5-4-6-8-16)9-10-18(21(20)25)17-11-12-29-19(17)13-24/h4-13,25H,14H2,1-3H3. The highest BCUT2D eigenvalue weighted by Crippen LogP contribution is 2.38. The molecule has 0 bridgehead atoms. The van der Waals surface area contributed by atoms with Crippen molar-refractivity contribution in [3.8, 4) is 16.9 Å². The molecular formula is C23H22O7S. The molecule has 7 nitrogen and oxygen atoms in total. The average molecular weight is 442 g/mol. The highest BCUT2D eigenvalue weighted by Gasteiger charge is 2.29. The number of esters is 1. The molecule has 0 aliphatic carbocycles. The van der Waals surface area contributed by atoms with Crippen LogP contribution in [-0.2, 0) is 20.3 Å². The van der Waals surface area contributed by atoms with Gasteiger partial charge in [-0.05, 0) is 44.5 Å². The highest BCUT2D eigenvalue weighted by molar-refractivity contribution is 7.90. The zero-order chi connectivity index (χ0) is 22.8. The van der Waals surface area contributed by atoms with Crippen LogP contribution in [-0.4, -0.2) is 31.4 Å². The van der Waals surface area contributed by atoms with Crippen LogP contribution in [0.1, 0.15) is 47.2 Å². The van der Waals surface area contributed by atoms with Crippen LogP contribution in [0.5, 0.6) is 5.75 Å². The fourth-order valence-electron chi connectivity index (χ4n) is 3.08. The first-order valence-corrected chi connectivity index (χ1v) is 11.1. The van der Waals surface area contributed by atoms with Crippen LogP contribution in [0.2, 0.25) is 0 Å². The third kappa shape index (κ3) is 4.86. The SMILES string of the molecule is CC(C)(C)OC(=O)c1c(CS(=O)(=O)c2ccccc2)ccc(-c2ccoc2C=O)c1O. The van der Waals surface area contributed by atoms with Crippen LogP contribution in [0.15, 0.2) is 64.1 Å². The van der Waals surface area contributed by atoms with Gasteiger partial charge >= 0.3 is 5.97 Å². The minimum absolute atomic E-state index is 0.0323. The number of carbonyl (C=O) groups excluding carboxylic acids is 2. The predicted molar refractivity (Wildman–Crippen MR) is 114 cm³/mol. The molecule has 1 N–H and O–H groups in total. The maximum Gasteiger partial charge on any atom is 0.342 e. The number of rotatable bonds is 6. The first-order valence-electron chi connectivity index (χ1n) is 9.42. The zero-order valence-electron chi connectivity index (χ0n) is 17.3. The maximum atomic E-state index is 12.9. The number of furan rings is 1. The van der Waals surface area contributed by atoms with E-state index in [0.29, 0.717) is 6.29 Å². The Labute approximate surface area is 180 Å². The van der Waals surface area contributed by atoms with Crippen molar-refractivity contribution in [1.82, 2.24) is 0 Å². The minimum atomic E-state index is -3.80. The first kappa shape index (κ1) is 22.3. The van der Waals surface area contributed by atoms with E-state index in [2.05, 4.69) is 0 Å². The lowest BCUT2D eigenvalue weighted by Gasteiger charge is -2.22. The van der Waals surface area contributed by atoms with Gasteiger partial charge in [0.15, 0.2) is 21.9 Å². The van der Waals surface area contributed by atoms with Gasteiger partial charge in [-0.2, -0.15) is 0 Å². The van der Waals surface area contributed by atoms with E-state index in [1.54, 1.807) is 39.0 Å². The third-order valence-electron chi connectivity index (χ3n) is 4.41. The number of aromatic hydroxyl groups is 1. The van der Waals surface area contributed by atoms with E-state index in [0.717, 1.165) is 0 Å². The summed E-state index contributed by atoms with van der Waals surface area (Å²) >= 11 is 0. The largest absolute Gasteiger partial charge is 0.506 e. The van der Waals surface area contributed by atoms with Gasteiger partial charge in [-0.3, -0.25) is 4.79 Å². The number of carbonyl (C=O) groups is 2. The van der Waals surface area contributed by atoms with Crippen LogP contribution in [0, 0.1) is 0 Å². The fraction of sp³-hybridized carbons (Fsp3) is 0.217. The van der Waals surface area contributed by atoms with E-state index in [1.165, 1.54) is 36.6 Å². The van der Waals surface area contributed by atoms with Gasteiger partial charge in [0.1, 0.15) is 16.9 Å². The number of phenolic OH excluding ortho intramolecular Hbond substituents is 1. The number of ether oxygens (including phenoxy) is 1. The van der Waals surface area contributed by atoms with Crippen molar-refractivity contribution in [2.75, 3.05) is 0 Å². The number of aldehydes is 1. The quantitative estimate of drug-likeness (QED) is 0.445. The highest BCUT2D eigenvalue weighted by atomic mass is 32.2. The van der Waals surface area contributed by atoms with Gasteiger partial charge in [-0.1, -0.05) is 30.3 Å². The first-order chi connectivity index (χ1) is 14.5. The van der Waals surface area contributed by atoms with Crippen molar-refractivity contribution in [1.29, 1.82) is 0 Å². The number of benzene rings is 2. The molecule has 8 heteroatoms. The van der Waals surface area contributed by atoms with E-state index >= 15 is 0 Å². The van der Waals surface area contributed by atoms with Gasteiger partial charge in [-0.25, -0.2) is 13.2 Å². The monoisotopic (exact) mass is 442 g/mol. The molecule has 3 rings (SSSR count). The summed E-state index contributed by atoms with van der Waals surface area (Å²) in [5.41, 5.74) is -0.647. The lowest BCUT2D eigenvalue weighted by Crippen LogP contribution is -2.25. The third-order valence-corrected chi connectivity index (χ3v) is 6.09. The second-order valence-electron chi connectivity index (χ2n) is 7.89. The van der Waals surface area contributed by atoms with Crippen molar-refractivity contribution in [3.05, 3.63) is 71.7 Å². The van der Waals surface area contributed by atoms with Gasteiger partial charge in [0, 0.05) is 11.1 Å². The summed E-state index contributed by atoms with van der Waals surface area (Å²) in [6, 6.07) is 12.1. The van der Waals surface area contributed by atoms with Gasteiger partial charge < -0.3 is 14.3 Å². The Hall–Kier alpha value is -3.39. The lowest BCUT2D eigenvalue weighted by molar-refractivity contribution is 0.00659. The number of hydrogen-bond acceptors (Lipinski definition) is 7. The van der Waals surface area contributed by atoms with Crippen LogP contribution in [0.25, 0.3) is 11.1 Å². The van der Waals surface area contributed by atoms with E-state index in [4.69, 9.17) is 9.15 Å². The van der Waals surface area contributed by atoms with Gasteiger partial charge in [0.25, 0.3) is 0 Å². The lowest BCUT2D eigenvalue weighted by atomic mass is 9.98. The topological polar surface area (TPSA) is 111 Å². The van der Waals surface area contributed by atoms with Crippen LogP contribution in [0.4, 0.5) is 0 Å². The Bertz CT molecular complexity index is 1220. The van der Waals surface area contributed by atoms with E-state index in [1.807, 2.05) is 0 Å². The van der Waals surface area contributed by atoms with Crippen molar-refractivity contribution in [2.45, 2.75) is 37.0 Å². The van der Waals surface area contributed by atoms with Gasteiger partial charge in [0.2, 0.25) is 0 Å². The summed E-state index contributed by atoms with van der Waals surface area (Å²) in [4.78, 5) is 24.3. The number of hydrogen-bond donors (Lipinski definition) is 1. The van der Waals surface area contributed by atoms with Crippen LogP contribution < -0.4 is 0 Å². The van der Waals surface area contributed by atoms with Gasteiger partial charge in [0.05, 0.1) is 16.9 Å². The second-order valence-corrected chi connectivity index (χ2v) is 9.88. The molecule has 0 unspecified atom stereocenters. The molecule has 31 heavy (non-hydrogen) atoms. The van der Waals surface area contributed by atoms with Gasteiger partial charge in [-0.15, -0.1) is 0 Å². The molecule has 2 aromatic carbocycles. The van der Waals surface area contributed by atoms with Crippen LogP contribution >= 0.6 is 0 Å². The Balaban J connectivity index is 2.16. The second kappa shape index (κ2) is 8.39. The average Bonchev–Trinajstić information content (AvgIpc) is 3.15. The normalized spacial score (nSPS) is 11.8. The summed E-state index contributed by atoms with van der Waals surface area (Å²) in [6.45, 7) is 4.98. The molecular weight excluding hydrogens is 420 g/mol. The molecule has 3 aromatic rings. The molecule has 0 aliphatic heterocycles. The molecule has 0 amide bonds. The Kier molecular flexibility index (Phi) is 6.03. The summed E-state index contributed by atoms with van der Waals surface area (Å²) in [5, 5.41) is 10.9. The van der Waals surface area contributed by atoms with Crippen molar-refractivity contribution in [3.63, 3.8) is 0 Å². The number of sulfone groups is 1. The Morgan fingerprint density at radius 1 is 1.06 bits per heavy atom. The van der Waals surface area contributed by atoms with Crippen LogP contribution in [0.3, 0.4) is 0 Å². The molecule has 0 spiro atoms. The molecule has 1 aromatic heterocycles. The minimum Gasteiger partial charge on any atom is -0.506 e. The van der Waals surface area contributed by atoms with E-state index in [-0.39, 0.29) is 32.9 Å². The molecule has 0 saturated carbocycles. The molecule has 1 heterocycles. The molecule has 0 aliphatic rings. The predicted octanol–water partition coefficient (Wildman–Crippen LogP) is 4.39. The van der Waals surface area contributed by atoms with Crippen molar-refractivity contribution >= 4 is 22.1 Å². The maximum absolute atomic E-state index is 12.9.